The quantitative estimate of drug-likeness (QED) is 0.859. The number of rotatable bonds is 1. The summed E-state index contributed by atoms with van der Waals surface area (Å²) in [4.78, 5) is 0.511. The number of sulfone groups is 1. The van der Waals surface area contributed by atoms with E-state index in [1.807, 2.05) is 19.2 Å². The van der Waals surface area contributed by atoms with Gasteiger partial charge in [0.15, 0.2) is 9.84 Å². The number of benzene rings is 1. The molecule has 0 bridgehead atoms. The molecule has 0 aliphatic carbocycles. The molecular formula is C15H23NO2S. The van der Waals surface area contributed by atoms with Crippen LogP contribution in [0.1, 0.15) is 39.2 Å². The van der Waals surface area contributed by atoms with Crippen molar-refractivity contribution in [1.82, 2.24) is 0 Å². The maximum Gasteiger partial charge on any atom is 0.179 e. The Hall–Kier alpha value is -1.03. The molecule has 1 aliphatic heterocycles. The minimum Gasteiger partial charge on any atom is -0.388 e. The van der Waals surface area contributed by atoms with Gasteiger partial charge in [0.1, 0.15) is 0 Å². The summed E-state index contributed by atoms with van der Waals surface area (Å²) in [6.45, 7) is 8.39. The largest absolute Gasteiger partial charge is 0.388 e. The van der Waals surface area contributed by atoms with Crippen molar-refractivity contribution < 1.29 is 8.42 Å². The summed E-state index contributed by atoms with van der Waals surface area (Å²) in [7, 11) is -1.35. The summed E-state index contributed by atoms with van der Waals surface area (Å²) in [5.41, 5.74) is 1.70. The van der Waals surface area contributed by atoms with Gasteiger partial charge in [0.2, 0.25) is 0 Å². The van der Waals surface area contributed by atoms with Gasteiger partial charge < -0.3 is 5.32 Å². The van der Waals surface area contributed by atoms with E-state index >= 15 is 0 Å². The molecule has 2 atom stereocenters. The SMILES string of the molecule is CNc1ccc2c(c1)[C@@H](C)[C@@H](C)C(C)(C)CS2(=O)=O. The Morgan fingerprint density at radius 2 is 1.89 bits per heavy atom. The Kier molecular flexibility index (Phi) is 3.42. The molecule has 0 fully saturated rings. The molecule has 1 aliphatic rings. The highest BCUT2D eigenvalue weighted by Gasteiger charge is 2.41. The Morgan fingerprint density at radius 3 is 2.47 bits per heavy atom. The fourth-order valence-corrected chi connectivity index (χ4v) is 5.27. The average Bonchev–Trinajstić information content (AvgIpc) is 2.38. The van der Waals surface area contributed by atoms with Gasteiger partial charge in [0.05, 0.1) is 10.6 Å². The van der Waals surface area contributed by atoms with Crippen LogP contribution in [0, 0.1) is 11.3 Å². The van der Waals surface area contributed by atoms with Crippen molar-refractivity contribution in [2.75, 3.05) is 18.1 Å². The van der Waals surface area contributed by atoms with E-state index in [9.17, 15) is 8.42 Å². The van der Waals surface area contributed by atoms with Crippen LogP contribution >= 0.6 is 0 Å². The summed E-state index contributed by atoms with van der Waals surface area (Å²) < 4.78 is 25.2. The van der Waals surface area contributed by atoms with Crippen molar-refractivity contribution >= 4 is 15.5 Å². The topological polar surface area (TPSA) is 46.2 Å². The Bertz CT molecular complexity index is 590. The number of hydrogen-bond acceptors (Lipinski definition) is 3. The first-order chi connectivity index (χ1) is 8.69. The van der Waals surface area contributed by atoms with E-state index in [-0.39, 0.29) is 17.1 Å². The monoisotopic (exact) mass is 281 g/mol. The van der Waals surface area contributed by atoms with Gasteiger partial charge in [0.25, 0.3) is 0 Å². The molecule has 1 aromatic rings. The third-order valence-corrected chi connectivity index (χ3v) is 6.83. The van der Waals surface area contributed by atoms with Crippen LogP contribution in [0.5, 0.6) is 0 Å². The Balaban J connectivity index is 2.70. The van der Waals surface area contributed by atoms with Gasteiger partial charge in [-0.3, -0.25) is 0 Å². The second-order valence-corrected chi connectivity index (χ2v) is 8.29. The van der Waals surface area contributed by atoms with E-state index in [2.05, 4.69) is 33.0 Å². The van der Waals surface area contributed by atoms with Crippen LogP contribution in [0.4, 0.5) is 5.69 Å². The highest BCUT2D eigenvalue weighted by atomic mass is 32.2. The van der Waals surface area contributed by atoms with Crippen molar-refractivity contribution in [2.45, 2.75) is 38.5 Å². The molecule has 19 heavy (non-hydrogen) atoms. The smallest absolute Gasteiger partial charge is 0.179 e. The predicted molar refractivity (Wildman–Crippen MR) is 79.4 cm³/mol. The van der Waals surface area contributed by atoms with Crippen LogP contribution in [-0.4, -0.2) is 21.2 Å². The van der Waals surface area contributed by atoms with Crippen molar-refractivity contribution in [3.8, 4) is 0 Å². The molecule has 0 saturated heterocycles. The van der Waals surface area contributed by atoms with Crippen LogP contribution < -0.4 is 5.32 Å². The van der Waals surface area contributed by atoms with Gasteiger partial charge in [-0.25, -0.2) is 8.42 Å². The van der Waals surface area contributed by atoms with Crippen molar-refractivity contribution in [1.29, 1.82) is 0 Å². The molecule has 0 aromatic heterocycles. The number of fused-ring (bicyclic) bond motifs is 1. The maximum atomic E-state index is 12.6. The Labute approximate surface area is 116 Å². The molecule has 0 amide bonds. The Morgan fingerprint density at radius 1 is 1.26 bits per heavy atom. The highest BCUT2D eigenvalue weighted by molar-refractivity contribution is 7.91. The molecule has 0 unspecified atom stereocenters. The zero-order valence-electron chi connectivity index (χ0n) is 12.3. The number of anilines is 1. The second kappa shape index (κ2) is 4.51. The second-order valence-electron chi connectivity index (χ2n) is 6.33. The standard InChI is InChI=1S/C15H23NO2S/c1-10-11(2)15(3,4)9-19(17,18)14-7-6-12(16-5)8-13(10)14/h6-8,10-11,16H,9H2,1-5H3/t10-,11+/m0/s1. The predicted octanol–water partition coefficient (Wildman–Crippen LogP) is 3.28. The first-order valence-corrected chi connectivity index (χ1v) is 8.39. The zero-order valence-corrected chi connectivity index (χ0v) is 13.1. The van der Waals surface area contributed by atoms with E-state index in [0.29, 0.717) is 10.8 Å². The normalized spacial score (nSPS) is 28.3. The number of hydrogen-bond donors (Lipinski definition) is 1. The lowest BCUT2D eigenvalue weighted by Crippen LogP contribution is -2.30. The molecule has 0 spiro atoms. The van der Waals surface area contributed by atoms with Crippen LogP contribution in [-0.2, 0) is 9.84 Å². The molecule has 0 saturated carbocycles. The van der Waals surface area contributed by atoms with Gasteiger partial charge in [-0.15, -0.1) is 0 Å². The van der Waals surface area contributed by atoms with Crippen LogP contribution in [0.2, 0.25) is 0 Å². The zero-order chi connectivity index (χ0) is 14.4. The van der Waals surface area contributed by atoms with Gasteiger partial charge >= 0.3 is 0 Å². The molecular weight excluding hydrogens is 258 g/mol. The fourth-order valence-electron chi connectivity index (χ4n) is 2.99. The molecule has 4 heteroatoms. The van der Waals surface area contributed by atoms with Crippen molar-refractivity contribution in [2.24, 2.45) is 11.3 Å². The molecule has 2 rings (SSSR count). The van der Waals surface area contributed by atoms with Crippen LogP contribution in [0.25, 0.3) is 0 Å². The van der Waals surface area contributed by atoms with E-state index < -0.39 is 9.84 Å². The lowest BCUT2D eigenvalue weighted by molar-refractivity contribution is 0.234. The van der Waals surface area contributed by atoms with E-state index in [1.165, 1.54) is 0 Å². The summed E-state index contributed by atoms with van der Waals surface area (Å²) >= 11 is 0. The minimum absolute atomic E-state index is 0.211. The summed E-state index contributed by atoms with van der Waals surface area (Å²) in [6.07, 6.45) is 0. The summed E-state index contributed by atoms with van der Waals surface area (Å²) in [5, 5.41) is 3.09. The van der Waals surface area contributed by atoms with Crippen LogP contribution in [0.15, 0.2) is 23.1 Å². The molecule has 1 heterocycles. The van der Waals surface area contributed by atoms with Crippen molar-refractivity contribution in [3.05, 3.63) is 23.8 Å². The average molecular weight is 281 g/mol. The van der Waals surface area contributed by atoms with E-state index in [4.69, 9.17) is 0 Å². The lowest BCUT2D eigenvalue weighted by atomic mass is 9.72. The molecule has 1 aromatic carbocycles. The molecule has 106 valence electrons. The first kappa shape index (κ1) is 14.4. The fraction of sp³-hybridized carbons (Fsp3) is 0.600. The summed E-state index contributed by atoms with van der Waals surface area (Å²) in [5.74, 6) is 0.767. The first-order valence-electron chi connectivity index (χ1n) is 6.73. The van der Waals surface area contributed by atoms with E-state index in [1.54, 1.807) is 6.07 Å². The molecule has 3 nitrogen and oxygen atoms in total. The third kappa shape index (κ3) is 2.38. The number of nitrogens with one attached hydrogen (secondary N) is 1. The lowest BCUT2D eigenvalue weighted by Gasteiger charge is -2.32. The van der Waals surface area contributed by atoms with Crippen molar-refractivity contribution in [3.63, 3.8) is 0 Å². The molecule has 1 N–H and O–H groups in total. The van der Waals surface area contributed by atoms with Gasteiger partial charge in [-0.2, -0.15) is 0 Å². The van der Waals surface area contributed by atoms with E-state index in [0.717, 1.165) is 11.3 Å². The van der Waals surface area contributed by atoms with Crippen LogP contribution in [0.3, 0.4) is 0 Å². The van der Waals surface area contributed by atoms with Gasteiger partial charge in [0, 0.05) is 12.7 Å². The molecule has 0 radical (unpaired) electrons. The highest BCUT2D eigenvalue weighted by Crippen LogP contribution is 2.45. The van der Waals surface area contributed by atoms with Gasteiger partial charge in [-0.1, -0.05) is 27.7 Å². The third-order valence-electron chi connectivity index (χ3n) is 4.67. The maximum absolute atomic E-state index is 12.6. The van der Waals surface area contributed by atoms with Gasteiger partial charge in [-0.05, 0) is 41.0 Å². The summed E-state index contributed by atoms with van der Waals surface area (Å²) in [6, 6.07) is 5.57. The minimum atomic E-state index is -3.20.